The number of nitrogens with zero attached hydrogens (tertiary/aromatic N) is 2. The fraction of sp³-hybridized carbons (Fsp3) is 0.933. The standard InChI is InChI=1S/C15H26N2O/c1-3-17-6-4-5-14(17)10-16(2)15(18)13-8-11-7-12(11)9-13/h11-14H,3-10H2,1-2H3. The zero-order chi connectivity index (χ0) is 12.7. The van der Waals surface area contributed by atoms with Gasteiger partial charge in [0, 0.05) is 25.6 Å². The van der Waals surface area contributed by atoms with Crippen LogP contribution >= 0.6 is 0 Å². The van der Waals surface area contributed by atoms with Crippen LogP contribution in [0.15, 0.2) is 0 Å². The van der Waals surface area contributed by atoms with Gasteiger partial charge >= 0.3 is 0 Å². The second kappa shape index (κ2) is 4.84. The molecule has 3 unspecified atom stereocenters. The molecule has 0 aromatic carbocycles. The van der Waals surface area contributed by atoms with Crippen molar-refractivity contribution >= 4 is 5.91 Å². The smallest absolute Gasteiger partial charge is 0.225 e. The quantitative estimate of drug-likeness (QED) is 0.761. The molecule has 0 spiro atoms. The summed E-state index contributed by atoms with van der Waals surface area (Å²) in [6.45, 7) is 5.51. The van der Waals surface area contributed by atoms with Crippen LogP contribution in [0.2, 0.25) is 0 Å². The number of hydrogen-bond donors (Lipinski definition) is 0. The highest BCUT2D eigenvalue weighted by Crippen LogP contribution is 2.54. The first-order valence-corrected chi connectivity index (χ1v) is 7.68. The van der Waals surface area contributed by atoms with Gasteiger partial charge in [-0.25, -0.2) is 0 Å². The van der Waals surface area contributed by atoms with Crippen molar-refractivity contribution in [1.82, 2.24) is 9.80 Å². The molecule has 18 heavy (non-hydrogen) atoms. The molecule has 2 aliphatic carbocycles. The number of carbonyl (C=O) groups is 1. The van der Waals surface area contributed by atoms with E-state index in [2.05, 4.69) is 11.8 Å². The number of fused-ring (bicyclic) bond motifs is 1. The van der Waals surface area contributed by atoms with Gasteiger partial charge in [-0.05, 0) is 57.0 Å². The molecule has 1 aliphatic heterocycles. The van der Waals surface area contributed by atoms with E-state index >= 15 is 0 Å². The summed E-state index contributed by atoms with van der Waals surface area (Å²) in [5, 5.41) is 0. The van der Waals surface area contributed by atoms with Gasteiger partial charge < -0.3 is 4.90 Å². The van der Waals surface area contributed by atoms with Crippen LogP contribution in [-0.4, -0.2) is 48.4 Å². The maximum absolute atomic E-state index is 12.4. The van der Waals surface area contributed by atoms with Gasteiger partial charge in [0.2, 0.25) is 5.91 Å². The van der Waals surface area contributed by atoms with Crippen LogP contribution in [0.25, 0.3) is 0 Å². The van der Waals surface area contributed by atoms with E-state index in [-0.39, 0.29) is 0 Å². The maximum atomic E-state index is 12.4. The molecule has 2 saturated carbocycles. The predicted molar refractivity (Wildman–Crippen MR) is 72.2 cm³/mol. The van der Waals surface area contributed by atoms with Crippen LogP contribution in [0.4, 0.5) is 0 Å². The van der Waals surface area contributed by atoms with Crippen LogP contribution in [0.1, 0.15) is 39.0 Å². The number of carbonyl (C=O) groups excluding carboxylic acids is 1. The molecule has 0 aromatic rings. The minimum absolute atomic E-state index is 0.357. The summed E-state index contributed by atoms with van der Waals surface area (Å²) in [5.74, 6) is 2.59. The zero-order valence-corrected chi connectivity index (χ0v) is 11.8. The lowest BCUT2D eigenvalue weighted by Crippen LogP contribution is -2.43. The Bertz CT molecular complexity index is 320. The summed E-state index contributed by atoms with van der Waals surface area (Å²) >= 11 is 0. The molecule has 3 heteroatoms. The van der Waals surface area contributed by atoms with E-state index in [1.54, 1.807) is 0 Å². The molecule has 102 valence electrons. The van der Waals surface area contributed by atoms with Crippen LogP contribution in [0.5, 0.6) is 0 Å². The average Bonchev–Trinajstić information content (AvgIpc) is 2.80. The molecule has 0 N–H and O–H groups in total. The third kappa shape index (κ3) is 2.29. The van der Waals surface area contributed by atoms with Crippen molar-refractivity contribution in [2.24, 2.45) is 17.8 Å². The van der Waals surface area contributed by atoms with E-state index in [9.17, 15) is 4.79 Å². The van der Waals surface area contributed by atoms with Gasteiger partial charge in [-0.15, -0.1) is 0 Å². The summed E-state index contributed by atoms with van der Waals surface area (Å²) in [5.41, 5.74) is 0. The second-order valence-corrected chi connectivity index (χ2v) is 6.57. The molecule has 0 bridgehead atoms. The topological polar surface area (TPSA) is 23.6 Å². The van der Waals surface area contributed by atoms with Crippen LogP contribution in [-0.2, 0) is 4.79 Å². The van der Waals surface area contributed by atoms with Crippen molar-refractivity contribution in [3.05, 3.63) is 0 Å². The molecule has 1 heterocycles. The number of likely N-dealkylation sites (tertiary alicyclic amines) is 1. The fourth-order valence-corrected chi connectivity index (χ4v) is 4.15. The SMILES string of the molecule is CCN1CCCC1CN(C)C(=O)C1CC2CC2C1. The summed E-state index contributed by atoms with van der Waals surface area (Å²) < 4.78 is 0. The fourth-order valence-electron chi connectivity index (χ4n) is 4.15. The van der Waals surface area contributed by atoms with Crippen molar-refractivity contribution in [2.45, 2.75) is 45.1 Å². The summed E-state index contributed by atoms with van der Waals surface area (Å²) in [7, 11) is 2.01. The molecular formula is C15H26N2O. The van der Waals surface area contributed by atoms with Crippen LogP contribution in [0.3, 0.4) is 0 Å². The van der Waals surface area contributed by atoms with Gasteiger partial charge in [-0.1, -0.05) is 6.92 Å². The molecule has 3 aliphatic rings. The second-order valence-electron chi connectivity index (χ2n) is 6.57. The first-order valence-electron chi connectivity index (χ1n) is 7.68. The van der Waals surface area contributed by atoms with E-state index < -0.39 is 0 Å². The van der Waals surface area contributed by atoms with Crippen molar-refractivity contribution in [3.8, 4) is 0 Å². The van der Waals surface area contributed by atoms with Gasteiger partial charge in [0.25, 0.3) is 0 Å². The lowest BCUT2D eigenvalue weighted by molar-refractivity contribution is -0.135. The Kier molecular flexibility index (Phi) is 3.35. The highest BCUT2D eigenvalue weighted by molar-refractivity contribution is 5.79. The van der Waals surface area contributed by atoms with Crippen molar-refractivity contribution in [2.75, 3.05) is 26.7 Å². The van der Waals surface area contributed by atoms with Crippen molar-refractivity contribution in [3.63, 3.8) is 0 Å². The number of amides is 1. The van der Waals surface area contributed by atoms with Crippen LogP contribution in [0, 0.1) is 17.8 Å². The number of rotatable bonds is 4. The molecule has 3 fully saturated rings. The Morgan fingerprint density at radius 1 is 1.28 bits per heavy atom. The number of likely N-dealkylation sites (N-methyl/N-ethyl adjacent to an activating group) is 2. The van der Waals surface area contributed by atoms with Gasteiger partial charge in [-0.2, -0.15) is 0 Å². The highest BCUT2D eigenvalue weighted by Gasteiger charge is 2.48. The van der Waals surface area contributed by atoms with Crippen LogP contribution < -0.4 is 0 Å². The molecule has 1 amide bonds. The first kappa shape index (κ1) is 12.5. The third-order valence-corrected chi connectivity index (χ3v) is 5.36. The normalized spacial score (nSPS) is 38.8. The molecule has 0 radical (unpaired) electrons. The summed E-state index contributed by atoms with van der Waals surface area (Å²) in [6.07, 6.45) is 6.32. The average molecular weight is 250 g/mol. The van der Waals surface area contributed by atoms with Gasteiger partial charge in [0.1, 0.15) is 0 Å². The van der Waals surface area contributed by atoms with E-state index in [1.165, 1.54) is 38.6 Å². The Labute approximate surface area is 111 Å². The molecule has 1 saturated heterocycles. The molecule has 0 aromatic heterocycles. The lowest BCUT2D eigenvalue weighted by atomic mass is 10.0. The largest absolute Gasteiger partial charge is 0.344 e. The maximum Gasteiger partial charge on any atom is 0.225 e. The Morgan fingerprint density at radius 3 is 2.67 bits per heavy atom. The lowest BCUT2D eigenvalue weighted by Gasteiger charge is -2.29. The van der Waals surface area contributed by atoms with Crippen molar-refractivity contribution < 1.29 is 4.79 Å². The van der Waals surface area contributed by atoms with Gasteiger partial charge in [-0.3, -0.25) is 9.69 Å². The molecular weight excluding hydrogens is 224 g/mol. The molecule has 3 atom stereocenters. The Hall–Kier alpha value is -0.570. The summed E-state index contributed by atoms with van der Waals surface area (Å²) in [4.78, 5) is 16.9. The Morgan fingerprint density at radius 2 is 2.00 bits per heavy atom. The van der Waals surface area contributed by atoms with E-state index in [0.29, 0.717) is 17.9 Å². The molecule has 3 nitrogen and oxygen atoms in total. The minimum Gasteiger partial charge on any atom is -0.344 e. The van der Waals surface area contributed by atoms with Gasteiger partial charge in [0.15, 0.2) is 0 Å². The number of hydrogen-bond acceptors (Lipinski definition) is 2. The predicted octanol–water partition coefficient (Wildman–Crippen LogP) is 1.98. The highest BCUT2D eigenvalue weighted by atomic mass is 16.2. The first-order chi connectivity index (χ1) is 8.69. The van der Waals surface area contributed by atoms with E-state index in [1.807, 2.05) is 11.9 Å². The zero-order valence-electron chi connectivity index (χ0n) is 11.8. The van der Waals surface area contributed by atoms with E-state index in [4.69, 9.17) is 0 Å². The minimum atomic E-state index is 0.357. The van der Waals surface area contributed by atoms with Crippen molar-refractivity contribution in [1.29, 1.82) is 0 Å². The Balaban J connectivity index is 1.51. The molecule has 3 rings (SSSR count). The summed E-state index contributed by atoms with van der Waals surface area (Å²) in [6, 6.07) is 0.611. The monoisotopic (exact) mass is 250 g/mol. The van der Waals surface area contributed by atoms with Gasteiger partial charge in [0.05, 0.1) is 0 Å². The third-order valence-electron chi connectivity index (χ3n) is 5.36. The van der Waals surface area contributed by atoms with E-state index in [0.717, 1.165) is 24.9 Å².